The third kappa shape index (κ3) is 5.56. The minimum atomic E-state index is -2.40. The zero-order chi connectivity index (χ0) is 23.1. The van der Waals surface area contributed by atoms with Crippen LogP contribution in [0.1, 0.15) is 90.0 Å². The van der Waals surface area contributed by atoms with Crippen LogP contribution in [0.15, 0.2) is 24.3 Å². The van der Waals surface area contributed by atoms with E-state index in [1.807, 2.05) is 0 Å². The number of fused-ring (bicyclic) bond motifs is 2. The standard InChI is InChI=1S/C16H20NO2.3C4H9.Sn/c1-17-12-8-9-14(17)15(16(18)19-2)13(10-12)11-6-4-3-5-7-11;3*1-3-4-2;/h4-7,12-15H,8-10H2,1-2H3;3*1,3-4H2,2H3;. The molecule has 2 fully saturated rings. The van der Waals surface area contributed by atoms with Crippen LogP contribution in [0.2, 0.25) is 13.3 Å². The minimum absolute atomic E-state index is 0.0152. The fraction of sp³-hybridized carbons (Fsp3) is 0.750. The van der Waals surface area contributed by atoms with E-state index in [1.54, 1.807) is 10.7 Å². The monoisotopic (exact) mass is 549 g/mol. The zero-order valence-corrected chi connectivity index (χ0v) is 24.2. The van der Waals surface area contributed by atoms with E-state index in [0.717, 1.165) is 12.8 Å². The molecule has 0 spiro atoms. The summed E-state index contributed by atoms with van der Waals surface area (Å²) >= 11 is -2.40. The van der Waals surface area contributed by atoms with Crippen LogP contribution in [0.4, 0.5) is 0 Å². The Morgan fingerprint density at radius 2 is 1.53 bits per heavy atom. The van der Waals surface area contributed by atoms with E-state index in [0.29, 0.717) is 18.0 Å². The Bertz CT molecular complexity index is 697. The molecule has 0 aromatic heterocycles. The number of carbonyl (C=O) groups excluding carboxylic acids is 1. The molecule has 2 aliphatic heterocycles. The molecular weight excluding hydrogens is 501 g/mol. The van der Waals surface area contributed by atoms with Crippen molar-refractivity contribution < 1.29 is 9.53 Å². The van der Waals surface area contributed by atoms with Crippen LogP contribution in [0.5, 0.6) is 0 Å². The Kier molecular flexibility index (Phi) is 9.97. The van der Waals surface area contributed by atoms with Crippen molar-refractivity contribution in [2.75, 3.05) is 14.2 Å². The third-order valence-electron chi connectivity index (χ3n) is 8.72. The van der Waals surface area contributed by atoms with Crippen LogP contribution in [-0.2, 0) is 9.53 Å². The molecule has 4 heteroatoms. The number of esters is 1. The summed E-state index contributed by atoms with van der Waals surface area (Å²) < 4.78 is 11.6. The van der Waals surface area contributed by atoms with Gasteiger partial charge in [-0.3, -0.25) is 0 Å². The number of piperidine rings is 1. The fourth-order valence-corrected chi connectivity index (χ4v) is 22.6. The van der Waals surface area contributed by atoms with Gasteiger partial charge in [-0.05, 0) is 0 Å². The molecule has 1 aromatic rings. The summed E-state index contributed by atoms with van der Waals surface area (Å²) in [6.07, 6.45) is 11.6. The molecule has 0 N–H and O–H groups in total. The molecule has 180 valence electrons. The maximum atomic E-state index is 12.8. The van der Waals surface area contributed by atoms with Gasteiger partial charge < -0.3 is 0 Å². The van der Waals surface area contributed by atoms with Crippen molar-refractivity contribution in [1.29, 1.82) is 0 Å². The maximum absolute atomic E-state index is 12.8. The van der Waals surface area contributed by atoms with E-state index in [4.69, 9.17) is 4.74 Å². The molecule has 0 saturated carbocycles. The van der Waals surface area contributed by atoms with Crippen molar-refractivity contribution in [1.82, 2.24) is 4.90 Å². The first-order valence-corrected chi connectivity index (χ1v) is 20.9. The van der Waals surface area contributed by atoms with Crippen molar-refractivity contribution in [3.63, 3.8) is 0 Å². The molecule has 2 saturated heterocycles. The van der Waals surface area contributed by atoms with Gasteiger partial charge in [-0.1, -0.05) is 0 Å². The Hall–Kier alpha value is -0.551. The van der Waals surface area contributed by atoms with Gasteiger partial charge in [0.2, 0.25) is 0 Å². The number of methoxy groups -OCH3 is 1. The van der Waals surface area contributed by atoms with E-state index < -0.39 is 18.4 Å². The number of rotatable bonds is 12. The van der Waals surface area contributed by atoms with E-state index in [9.17, 15) is 4.79 Å². The van der Waals surface area contributed by atoms with E-state index >= 15 is 0 Å². The fourth-order valence-electron chi connectivity index (χ4n) is 6.70. The van der Waals surface area contributed by atoms with Crippen LogP contribution in [0.25, 0.3) is 0 Å². The van der Waals surface area contributed by atoms with Crippen LogP contribution < -0.4 is 3.58 Å². The van der Waals surface area contributed by atoms with Crippen LogP contribution >= 0.6 is 0 Å². The summed E-state index contributed by atoms with van der Waals surface area (Å²) in [5.41, 5.74) is 1.37. The van der Waals surface area contributed by atoms with Crippen LogP contribution in [0, 0.1) is 5.92 Å². The normalized spacial score (nSPS) is 25.8. The summed E-state index contributed by atoms with van der Waals surface area (Å²) in [7, 11) is 3.76. The summed E-state index contributed by atoms with van der Waals surface area (Å²) in [4.78, 5) is 15.3. The molecule has 4 atom stereocenters. The van der Waals surface area contributed by atoms with Crippen molar-refractivity contribution in [2.24, 2.45) is 5.92 Å². The molecule has 4 unspecified atom stereocenters. The van der Waals surface area contributed by atoms with Crippen molar-refractivity contribution in [3.8, 4) is 0 Å². The van der Waals surface area contributed by atoms with Crippen molar-refractivity contribution >= 4 is 27.9 Å². The number of ether oxygens (including phenoxy) is 1. The second-order valence-corrected chi connectivity index (χ2v) is 23.8. The first-order chi connectivity index (χ1) is 15.5. The molecule has 0 aliphatic carbocycles. The Labute approximate surface area is 201 Å². The number of benzene rings is 1. The number of hydrogen-bond donors (Lipinski definition) is 0. The third-order valence-corrected chi connectivity index (χ3v) is 24.4. The molecule has 2 aliphatic rings. The van der Waals surface area contributed by atoms with Gasteiger partial charge in [-0.15, -0.1) is 0 Å². The molecule has 0 radical (unpaired) electrons. The number of nitrogens with zero attached hydrogens (tertiary/aromatic N) is 1. The van der Waals surface area contributed by atoms with Gasteiger partial charge in [0, 0.05) is 0 Å². The van der Waals surface area contributed by atoms with E-state index in [-0.39, 0.29) is 11.9 Å². The summed E-state index contributed by atoms with van der Waals surface area (Å²) in [5, 5.41) is 0. The summed E-state index contributed by atoms with van der Waals surface area (Å²) in [6.45, 7) is 7.04. The molecule has 2 bridgehead atoms. The number of hydrogen-bond acceptors (Lipinski definition) is 3. The van der Waals surface area contributed by atoms with Gasteiger partial charge >= 0.3 is 202 Å². The molecule has 32 heavy (non-hydrogen) atoms. The molecule has 0 amide bonds. The molecule has 3 nitrogen and oxygen atoms in total. The van der Waals surface area contributed by atoms with E-state index in [2.05, 4.69) is 57.0 Å². The van der Waals surface area contributed by atoms with Gasteiger partial charge in [0.05, 0.1) is 0 Å². The van der Waals surface area contributed by atoms with Gasteiger partial charge in [0.25, 0.3) is 0 Å². The second-order valence-electron chi connectivity index (χ2n) is 10.6. The predicted octanol–water partition coefficient (Wildman–Crippen LogP) is 6.48. The SMILES string of the molecule is CCC[CH2][Sn]([CH2]CCC)([CH2]CCC)[c]1ccc(C2CC3CCC(C2C(=O)OC)N3C)cc1. The Balaban J connectivity index is 1.90. The predicted molar refractivity (Wildman–Crippen MR) is 138 cm³/mol. The van der Waals surface area contributed by atoms with Crippen molar-refractivity contribution in [3.05, 3.63) is 29.8 Å². The van der Waals surface area contributed by atoms with Gasteiger partial charge in [0.15, 0.2) is 0 Å². The Morgan fingerprint density at radius 1 is 0.969 bits per heavy atom. The second kappa shape index (κ2) is 12.2. The summed E-state index contributed by atoms with van der Waals surface area (Å²) in [6, 6.07) is 10.8. The van der Waals surface area contributed by atoms with Gasteiger partial charge in [0.1, 0.15) is 0 Å². The Morgan fingerprint density at radius 3 is 2.03 bits per heavy atom. The summed E-state index contributed by atoms with van der Waals surface area (Å²) in [5.74, 6) is 0.263. The quantitative estimate of drug-likeness (QED) is 0.221. The molecular formula is C28H47NO2Sn. The molecule has 2 heterocycles. The van der Waals surface area contributed by atoms with E-state index in [1.165, 1.54) is 63.8 Å². The average molecular weight is 548 g/mol. The average Bonchev–Trinajstić information content (AvgIpc) is 3.05. The first kappa shape index (κ1) is 26.1. The molecule has 1 aromatic carbocycles. The van der Waals surface area contributed by atoms with Crippen molar-refractivity contribution in [2.45, 2.75) is 110 Å². The number of carbonyl (C=O) groups is 1. The topological polar surface area (TPSA) is 29.5 Å². The number of unbranched alkanes of at least 4 members (excludes halogenated alkanes) is 3. The van der Waals surface area contributed by atoms with Crippen LogP contribution in [0.3, 0.4) is 0 Å². The van der Waals surface area contributed by atoms with Gasteiger partial charge in [-0.25, -0.2) is 0 Å². The zero-order valence-electron chi connectivity index (χ0n) is 21.4. The van der Waals surface area contributed by atoms with Gasteiger partial charge in [-0.2, -0.15) is 0 Å². The molecule has 3 rings (SSSR count). The van der Waals surface area contributed by atoms with Crippen LogP contribution in [-0.4, -0.2) is 55.5 Å². The first-order valence-electron chi connectivity index (χ1n) is 13.4.